The van der Waals surface area contributed by atoms with Crippen molar-refractivity contribution in [2.75, 3.05) is 0 Å². The van der Waals surface area contributed by atoms with Gasteiger partial charge in [-0.1, -0.05) is 0 Å². The molecule has 0 aromatic rings. The molecule has 0 aliphatic rings. The Morgan fingerprint density at radius 3 is 1.50 bits per heavy atom. The zero-order valence-corrected chi connectivity index (χ0v) is 5.64. The van der Waals surface area contributed by atoms with Crippen molar-refractivity contribution in [1.29, 1.82) is 0 Å². The van der Waals surface area contributed by atoms with E-state index in [4.69, 9.17) is 4.80 Å². The summed E-state index contributed by atoms with van der Waals surface area (Å²) in [5.41, 5.74) is 0. The Hall–Kier alpha value is 1.04. The molecule has 0 aliphatic carbocycles. The lowest BCUT2D eigenvalue weighted by molar-refractivity contribution is 0.616. The van der Waals surface area contributed by atoms with Gasteiger partial charge in [-0.05, 0) is 0 Å². The second kappa shape index (κ2) is 2.28. The van der Waals surface area contributed by atoms with Crippen molar-refractivity contribution in [2.24, 2.45) is 0 Å². The van der Waals surface area contributed by atoms with E-state index in [-0.39, 0.29) is 0 Å². The molecule has 4 heteroatoms. The Bertz CT molecular complexity index is 10.8. The lowest BCUT2D eigenvalue weighted by Gasteiger charge is -1.76. The van der Waals surface area contributed by atoms with E-state index < -0.39 is 8.38 Å². The van der Waals surface area contributed by atoms with Crippen molar-refractivity contribution >= 4 is 26.0 Å². The molecular weight excluding hydrogens is 106 g/mol. The second-order valence-corrected chi connectivity index (χ2v) is 7.88. The standard InChI is InChI=1S/H6OP2Si/c1-4(2)3/h1,4H,2-3H2. The van der Waals surface area contributed by atoms with Gasteiger partial charge in [0.05, 0.1) is 0 Å². The van der Waals surface area contributed by atoms with Crippen LogP contribution in [-0.2, 0) is 0 Å². The summed E-state index contributed by atoms with van der Waals surface area (Å²) in [5.74, 6) is 0. The first kappa shape index (κ1) is 5.04. The molecule has 1 N–H and O–H groups in total. The van der Waals surface area contributed by atoms with Gasteiger partial charge in [-0.2, -0.15) is 0 Å². The third-order valence-corrected chi connectivity index (χ3v) is 0. The van der Waals surface area contributed by atoms with E-state index in [9.17, 15) is 0 Å². The number of hydrogen-bond acceptors (Lipinski definition) is 1. The topological polar surface area (TPSA) is 20.2 Å². The average molecular weight is 112 g/mol. The van der Waals surface area contributed by atoms with E-state index in [0.29, 0.717) is 0 Å². The van der Waals surface area contributed by atoms with Gasteiger partial charge in [0.2, 0.25) is 8.38 Å². The summed E-state index contributed by atoms with van der Waals surface area (Å²) in [6, 6.07) is 0. The summed E-state index contributed by atoms with van der Waals surface area (Å²) in [5, 5.41) is 0. The first-order chi connectivity index (χ1) is 1.73. The summed E-state index contributed by atoms with van der Waals surface area (Å²) in [6.45, 7) is 0. The Balaban J connectivity index is 2.32. The molecule has 0 rings (SSSR count). The lowest BCUT2D eigenvalue weighted by atomic mass is 15.9. The first-order valence-corrected chi connectivity index (χ1v) is 6.77. The van der Waals surface area contributed by atoms with Gasteiger partial charge in [0.25, 0.3) is 0 Å². The van der Waals surface area contributed by atoms with E-state index >= 15 is 0 Å². The van der Waals surface area contributed by atoms with Crippen LogP contribution in [0.3, 0.4) is 0 Å². The molecule has 0 radical (unpaired) electrons. The van der Waals surface area contributed by atoms with Crippen LogP contribution in [0.4, 0.5) is 0 Å². The maximum absolute atomic E-state index is 8.12. The zero-order valence-electron chi connectivity index (χ0n) is 2.18. The third kappa shape index (κ3) is 11.7. The van der Waals surface area contributed by atoms with Crippen molar-refractivity contribution in [3.05, 3.63) is 0 Å². The fraction of sp³-hybridized carbons (Fsp3) is 0. The molecule has 2 atom stereocenters. The highest BCUT2D eigenvalue weighted by atomic mass is 31.6. The van der Waals surface area contributed by atoms with Crippen molar-refractivity contribution in [2.45, 2.75) is 0 Å². The zero-order chi connectivity index (χ0) is 3.58. The van der Waals surface area contributed by atoms with Crippen molar-refractivity contribution < 1.29 is 4.80 Å². The van der Waals surface area contributed by atoms with Crippen LogP contribution in [0.25, 0.3) is 0 Å². The molecule has 26 valence electrons. The largest absolute Gasteiger partial charge is 0.427 e. The maximum atomic E-state index is 8.12. The minimum atomic E-state index is -1.31. The van der Waals surface area contributed by atoms with Gasteiger partial charge in [-0.25, -0.2) is 0 Å². The SMILES string of the molecule is O[SiH](P)P. The van der Waals surface area contributed by atoms with E-state index in [1.54, 1.807) is 0 Å². The van der Waals surface area contributed by atoms with E-state index in [2.05, 4.69) is 17.6 Å². The van der Waals surface area contributed by atoms with Gasteiger partial charge in [0.15, 0.2) is 0 Å². The van der Waals surface area contributed by atoms with Crippen LogP contribution in [0, 0.1) is 0 Å². The summed E-state index contributed by atoms with van der Waals surface area (Å²) in [4.78, 5) is 8.12. The van der Waals surface area contributed by atoms with Crippen LogP contribution in [0.5, 0.6) is 0 Å². The van der Waals surface area contributed by atoms with E-state index in [1.165, 1.54) is 0 Å². The van der Waals surface area contributed by atoms with E-state index in [0.717, 1.165) is 0 Å². The van der Waals surface area contributed by atoms with Crippen molar-refractivity contribution in [3.8, 4) is 0 Å². The molecule has 0 saturated heterocycles. The van der Waals surface area contributed by atoms with Crippen LogP contribution in [0.15, 0.2) is 0 Å². The summed E-state index contributed by atoms with van der Waals surface area (Å²) in [7, 11) is 3.32. The van der Waals surface area contributed by atoms with Crippen LogP contribution >= 0.6 is 17.6 Å². The first-order valence-electron chi connectivity index (χ1n) is 0.925. The highest BCUT2D eigenvalue weighted by Crippen LogP contribution is 1.93. The van der Waals surface area contributed by atoms with Crippen LogP contribution in [0.1, 0.15) is 0 Å². The normalized spacial score (nSPS) is 9.00. The summed E-state index contributed by atoms with van der Waals surface area (Å²) >= 11 is 0. The smallest absolute Gasteiger partial charge is 0.211 e. The Morgan fingerprint density at radius 2 is 1.50 bits per heavy atom. The minimum absolute atomic E-state index is 1.31. The minimum Gasteiger partial charge on any atom is -0.427 e. The highest BCUT2D eigenvalue weighted by molar-refractivity contribution is 7.91. The second-order valence-electron chi connectivity index (χ2n) is 0.491. The third-order valence-electron chi connectivity index (χ3n) is 0. The molecule has 0 saturated carbocycles. The van der Waals surface area contributed by atoms with E-state index in [1.807, 2.05) is 0 Å². The fourth-order valence-electron chi connectivity index (χ4n) is 0. The van der Waals surface area contributed by atoms with Gasteiger partial charge in [-0.3, -0.25) is 0 Å². The monoisotopic (exact) mass is 112 g/mol. The van der Waals surface area contributed by atoms with Gasteiger partial charge >= 0.3 is 0 Å². The Labute approximate surface area is 31.6 Å². The predicted octanol–water partition coefficient (Wildman–Crippen LogP) is -0.554. The van der Waals surface area contributed by atoms with Crippen molar-refractivity contribution in [1.82, 2.24) is 0 Å². The van der Waals surface area contributed by atoms with Crippen LogP contribution in [-0.4, -0.2) is 13.2 Å². The maximum Gasteiger partial charge on any atom is 0.211 e. The molecule has 0 fully saturated rings. The average Bonchev–Trinajstić information content (AvgIpc) is 0.811. The Morgan fingerprint density at radius 1 is 1.50 bits per heavy atom. The van der Waals surface area contributed by atoms with Gasteiger partial charge in [0, 0.05) is 0 Å². The molecule has 0 aliphatic heterocycles. The molecule has 2 unspecified atom stereocenters. The summed E-state index contributed by atoms with van der Waals surface area (Å²) in [6.07, 6.45) is 0. The number of rotatable bonds is 0. The molecule has 4 heavy (non-hydrogen) atoms. The highest BCUT2D eigenvalue weighted by Gasteiger charge is 1.75. The molecule has 0 bridgehead atoms. The molecule has 1 nitrogen and oxygen atoms in total. The predicted molar refractivity (Wildman–Crippen MR) is 28.8 cm³/mol. The lowest BCUT2D eigenvalue weighted by Crippen LogP contribution is -1.80. The molecule has 0 aromatic carbocycles. The van der Waals surface area contributed by atoms with Crippen LogP contribution in [0.2, 0.25) is 0 Å². The van der Waals surface area contributed by atoms with Crippen LogP contribution < -0.4 is 0 Å². The van der Waals surface area contributed by atoms with Gasteiger partial charge in [0.1, 0.15) is 0 Å². The fourth-order valence-corrected chi connectivity index (χ4v) is 0. The number of hydrogen-bond donors (Lipinski definition) is 1. The molecular formula is H6OP2Si. The van der Waals surface area contributed by atoms with Gasteiger partial charge in [-0.15, -0.1) is 17.6 Å². The quantitative estimate of drug-likeness (QED) is 0.329. The molecule has 0 amide bonds. The van der Waals surface area contributed by atoms with Crippen molar-refractivity contribution in [3.63, 3.8) is 0 Å². The molecule has 0 spiro atoms. The molecule has 0 aromatic heterocycles. The Kier molecular flexibility index (Phi) is 2.88. The molecule has 0 heterocycles. The van der Waals surface area contributed by atoms with Gasteiger partial charge < -0.3 is 4.80 Å². The summed E-state index contributed by atoms with van der Waals surface area (Å²) < 4.78 is 0.